The van der Waals surface area contributed by atoms with Crippen LogP contribution in [0.3, 0.4) is 0 Å². The Morgan fingerprint density at radius 1 is 1.18 bits per heavy atom. The zero-order chi connectivity index (χ0) is 18.6. The molecule has 28 heavy (non-hydrogen) atoms. The molecule has 0 radical (unpaired) electrons. The Hall–Kier alpha value is -1.93. The third kappa shape index (κ3) is 4.55. The van der Waals surface area contributed by atoms with E-state index in [4.69, 9.17) is 4.52 Å². The minimum absolute atomic E-state index is 0. The van der Waals surface area contributed by atoms with Crippen molar-refractivity contribution in [2.45, 2.75) is 16.2 Å². The molecule has 2 heterocycles. The van der Waals surface area contributed by atoms with E-state index >= 15 is 0 Å². The van der Waals surface area contributed by atoms with Crippen molar-refractivity contribution in [3.05, 3.63) is 77.7 Å². The molecule has 3 aromatic rings. The van der Waals surface area contributed by atoms with E-state index < -0.39 is 0 Å². The smallest absolute Gasteiger partial charge is 0.244 e. The summed E-state index contributed by atoms with van der Waals surface area (Å²) < 4.78 is 19.9. The highest BCUT2D eigenvalue weighted by molar-refractivity contribution is 7.99. The van der Waals surface area contributed by atoms with Gasteiger partial charge in [0.15, 0.2) is 5.82 Å². The van der Waals surface area contributed by atoms with E-state index in [1.165, 1.54) is 17.8 Å². The molecule has 2 aromatic carbocycles. The molecule has 4 rings (SSSR count). The quantitative estimate of drug-likeness (QED) is 0.627. The highest BCUT2D eigenvalue weighted by Crippen LogP contribution is 2.41. The zero-order valence-corrected chi connectivity index (χ0v) is 17.0. The molecule has 0 aliphatic carbocycles. The third-order valence-electron chi connectivity index (χ3n) is 4.67. The molecule has 1 N–H and O–H groups in total. The van der Waals surface area contributed by atoms with Gasteiger partial charge in [-0.1, -0.05) is 47.6 Å². The van der Waals surface area contributed by atoms with Gasteiger partial charge in [-0.3, -0.25) is 4.90 Å². The van der Waals surface area contributed by atoms with E-state index in [1.54, 1.807) is 12.1 Å². The van der Waals surface area contributed by atoms with Crippen molar-refractivity contribution in [2.24, 2.45) is 0 Å². The van der Waals surface area contributed by atoms with E-state index in [1.807, 2.05) is 36.4 Å². The Kier molecular flexibility index (Phi) is 7.07. The fraction of sp³-hybridized carbons (Fsp3) is 0.300. The molecule has 0 saturated carbocycles. The lowest BCUT2D eigenvalue weighted by molar-refractivity contribution is 0.190. The van der Waals surface area contributed by atoms with Crippen LogP contribution < -0.4 is 5.32 Å². The number of piperazine rings is 1. The molecule has 0 amide bonds. The average Bonchev–Trinajstić information content (AvgIpc) is 3.18. The fourth-order valence-electron chi connectivity index (χ4n) is 3.14. The summed E-state index contributed by atoms with van der Waals surface area (Å²) in [7, 11) is 2.06. The number of halogens is 2. The maximum Gasteiger partial charge on any atom is 0.244 e. The van der Waals surface area contributed by atoms with Crippen LogP contribution in [0.25, 0.3) is 0 Å². The lowest BCUT2D eigenvalue weighted by Crippen LogP contribution is -2.44. The molecule has 1 aromatic heterocycles. The number of rotatable bonds is 5. The first-order valence-electron chi connectivity index (χ1n) is 8.93. The first-order chi connectivity index (χ1) is 13.2. The second-order valence-corrected chi connectivity index (χ2v) is 7.68. The summed E-state index contributed by atoms with van der Waals surface area (Å²) in [6, 6.07) is 16.7. The van der Waals surface area contributed by atoms with Crippen LogP contribution in [0.5, 0.6) is 0 Å². The highest BCUT2D eigenvalue weighted by Gasteiger charge is 2.29. The number of nitrogens with zero attached hydrogens (tertiary/aromatic N) is 3. The Morgan fingerprint density at radius 3 is 2.68 bits per heavy atom. The topological polar surface area (TPSA) is 54.2 Å². The van der Waals surface area contributed by atoms with Crippen molar-refractivity contribution in [2.75, 3.05) is 26.7 Å². The van der Waals surface area contributed by atoms with Gasteiger partial charge in [0.05, 0.1) is 6.04 Å². The standard InChI is InChI=1S/C20H21FN4OS.ClH/c1-25-12-11-22-13-16(25)19-23-20(26-24-19)18(14-7-3-2-4-8-14)27-17-10-6-5-9-15(17)21;/h2-10,16,18,22H,11-13H2,1H3;1H. The van der Waals surface area contributed by atoms with Crippen molar-refractivity contribution in [1.29, 1.82) is 0 Å². The lowest BCUT2D eigenvalue weighted by atomic mass is 10.1. The molecule has 8 heteroatoms. The van der Waals surface area contributed by atoms with Gasteiger partial charge in [0, 0.05) is 24.5 Å². The van der Waals surface area contributed by atoms with Crippen molar-refractivity contribution in [3.63, 3.8) is 0 Å². The first-order valence-corrected chi connectivity index (χ1v) is 9.81. The van der Waals surface area contributed by atoms with E-state index in [-0.39, 0.29) is 29.5 Å². The SMILES string of the molecule is CN1CCNCC1c1noc(C(Sc2ccccc2F)c2ccccc2)n1.Cl. The van der Waals surface area contributed by atoms with Gasteiger partial charge < -0.3 is 9.84 Å². The monoisotopic (exact) mass is 420 g/mol. The number of thioether (sulfide) groups is 1. The van der Waals surface area contributed by atoms with E-state index in [0.717, 1.165) is 25.2 Å². The molecule has 1 fully saturated rings. The van der Waals surface area contributed by atoms with E-state index in [2.05, 4.69) is 27.4 Å². The van der Waals surface area contributed by atoms with Crippen LogP contribution in [-0.4, -0.2) is 41.7 Å². The Labute approximate surface area is 174 Å². The summed E-state index contributed by atoms with van der Waals surface area (Å²) >= 11 is 1.38. The number of hydrogen-bond donors (Lipinski definition) is 1. The largest absolute Gasteiger partial charge is 0.338 e. The van der Waals surface area contributed by atoms with Crippen LogP contribution in [0.4, 0.5) is 4.39 Å². The average molecular weight is 421 g/mol. The first kappa shape index (κ1) is 20.8. The zero-order valence-electron chi connectivity index (χ0n) is 15.4. The van der Waals surface area contributed by atoms with Crippen LogP contribution in [0, 0.1) is 5.82 Å². The summed E-state index contributed by atoms with van der Waals surface area (Å²) in [5.41, 5.74) is 0.996. The number of aromatic nitrogens is 2. The maximum absolute atomic E-state index is 14.2. The van der Waals surface area contributed by atoms with Crippen molar-refractivity contribution in [1.82, 2.24) is 20.4 Å². The van der Waals surface area contributed by atoms with Gasteiger partial charge in [0.2, 0.25) is 5.89 Å². The van der Waals surface area contributed by atoms with Crippen molar-refractivity contribution < 1.29 is 8.91 Å². The molecular formula is C20H22ClFN4OS. The Bertz CT molecular complexity index is 895. The van der Waals surface area contributed by atoms with Gasteiger partial charge in [0.25, 0.3) is 0 Å². The van der Waals surface area contributed by atoms with Crippen molar-refractivity contribution >= 4 is 24.2 Å². The van der Waals surface area contributed by atoms with Gasteiger partial charge in [0.1, 0.15) is 11.1 Å². The summed E-state index contributed by atoms with van der Waals surface area (Å²) in [6.07, 6.45) is 0. The number of hydrogen-bond acceptors (Lipinski definition) is 6. The van der Waals surface area contributed by atoms with Crippen molar-refractivity contribution in [3.8, 4) is 0 Å². The van der Waals surface area contributed by atoms with E-state index in [9.17, 15) is 4.39 Å². The summed E-state index contributed by atoms with van der Waals surface area (Å²) in [4.78, 5) is 7.46. The molecule has 2 atom stereocenters. The highest BCUT2D eigenvalue weighted by atomic mass is 35.5. The number of benzene rings is 2. The molecule has 0 spiro atoms. The molecule has 2 unspecified atom stereocenters. The van der Waals surface area contributed by atoms with Crippen LogP contribution in [0.2, 0.25) is 0 Å². The second kappa shape index (κ2) is 9.52. The van der Waals surface area contributed by atoms with Crippen LogP contribution in [0.15, 0.2) is 64.0 Å². The van der Waals surface area contributed by atoms with Crippen LogP contribution in [0.1, 0.15) is 28.6 Å². The molecule has 1 aliphatic heterocycles. The summed E-state index contributed by atoms with van der Waals surface area (Å²) in [5, 5.41) is 7.32. The summed E-state index contributed by atoms with van der Waals surface area (Å²) in [6.45, 7) is 2.67. The van der Waals surface area contributed by atoms with Gasteiger partial charge in [-0.2, -0.15) is 4.98 Å². The fourth-order valence-corrected chi connectivity index (χ4v) is 4.22. The van der Waals surface area contributed by atoms with Gasteiger partial charge in [-0.25, -0.2) is 4.39 Å². The molecule has 1 aliphatic rings. The lowest BCUT2D eigenvalue weighted by Gasteiger charge is -2.30. The maximum atomic E-state index is 14.2. The normalized spacial score (nSPS) is 18.4. The predicted octanol–water partition coefficient (Wildman–Crippen LogP) is 4.09. The minimum Gasteiger partial charge on any atom is -0.338 e. The predicted molar refractivity (Wildman–Crippen MR) is 110 cm³/mol. The second-order valence-electron chi connectivity index (χ2n) is 6.53. The van der Waals surface area contributed by atoms with E-state index in [0.29, 0.717) is 16.6 Å². The molecule has 5 nitrogen and oxygen atoms in total. The Morgan fingerprint density at radius 2 is 1.93 bits per heavy atom. The molecule has 0 bridgehead atoms. The molecule has 148 valence electrons. The summed E-state index contributed by atoms with van der Waals surface area (Å²) in [5.74, 6) is 0.901. The van der Waals surface area contributed by atoms with Crippen LogP contribution in [-0.2, 0) is 0 Å². The number of likely N-dealkylation sites (N-methyl/N-ethyl adjacent to an activating group) is 1. The molecular weight excluding hydrogens is 399 g/mol. The minimum atomic E-state index is -0.272. The van der Waals surface area contributed by atoms with Gasteiger partial charge in [-0.15, -0.1) is 24.2 Å². The molecule has 1 saturated heterocycles. The van der Waals surface area contributed by atoms with Gasteiger partial charge in [-0.05, 0) is 24.7 Å². The third-order valence-corrected chi connectivity index (χ3v) is 5.97. The number of nitrogens with one attached hydrogen (secondary N) is 1. The Balaban J connectivity index is 0.00000225. The van der Waals surface area contributed by atoms with Gasteiger partial charge >= 0.3 is 0 Å². The van der Waals surface area contributed by atoms with Crippen LogP contribution >= 0.6 is 24.2 Å².